The molecule has 3 nitrogen and oxygen atoms in total. The summed E-state index contributed by atoms with van der Waals surface area (Å²) in [4.78, 5) is 13.9. The second-order valence-electron chi connectivity index (χ2n) is 0.473. The van der Waals surface area contributed by atoms with Crippen LogP contribution in [0.5, 0.6) is 0 Å². The average molecular weight is 148 g/mol. The van der Waals surface area contributed by atoms with Crippen LogP contribution in [0, 0.1) is 0 Å². The van der Waals surface area contributed by atoms with Gasteiger partial charge in [0, 0.05) is 21.7 Å². The maximum absolute atomic E-state index is 10.4. The van der Waals surface area contributed by atoms with E-state index < -0.39 is 7.91 Å². The number of halogens is 1. The Balaban J connectivity index is 0. The van der Waals surface area contributed by atoms with Crippen LogP contribution in [0.3, 0.4) is 0 Å². The van der Waals surface area contributed by atoms with Crippen molar-refractivity contribution in [1.82, 2.24) is 0 Å². The molecule has 0 aromatic heterocycles. The molecule has 0 aromatic rings. The van der Waals surface area contributed by atoms with E-state index in [1.807, 2.05) is 0 Å². The van der Waals surface area contributed by atoms with Crippen LogP contribution in [0.4, 0.5) is 4.20 Å². The zero-order valence-electron chi connectivity index (χ0n) is 2.63. The molecule has 0 saturated heterocycles. The minimum atomic E-state index is -5.14. The third-order valence-electron chi connectivity index (χ3n) is 0. The van der Waals surface area contributed by atoms with Gasteiger partial charge in [-0.3, -0.25) is 9.79 Å². The van der Waals surface area contributed by atoms with Crippen molar-refractivity contribution in [2.45, 2.75) is 0 Å². The van der Waals surface area contributed by atoms with E-state index in [2.05, 4.69) is 0 Å². The molecule has 0 radical (unpaired) electrons. The van der Waals surface area contributed by atoms with Crippen LogP contribution in [0.2, 0.25) is 0 Å². The normalized spacial score (nSPS) is 9.83. The first kappa shape index (κ1) is 9.92. The first-order valence-corrected chi connectivity index (χ1v) is 2.25. The fourth-order valence-corrected chi connectivity index (χ4v) is 0. The average Bonchev–Trinajstić information content (AvgIpc) is 0.722. The fourth-order valence-electron chi connectivity index (χ4n) is 0. The Kier molecular flexibility index (Phi) is 4.77. The van der Waals surface area contributed by atoms with Gasteiger partial charge in [-0.15, -0.1) is 4.20 Å². The number of hydrogen-bond donors (Lipinski definition) is 2. The van der Waals surface area contributed by atoms with E-state index in [0.717, 1.165) is 0 Å². The van der Waals surface area contributed by atoms with E-state index in [4.69, 9.17) is 14.4 Å². The van der Waals surface area contributed by atoms with Crippen molar-refractivity contribution in [1.29, 1.82) is 0 Å². The Bertz CT molecular complexity index is 56.9. The van der Waals surface area contributed by atoms with Gasteiger partial charge in [-0.1, -0.05) is 0 Å². The molecule has 0 aromatic carbocycles. The van der Waals surface area contributed by atoms with E-state index in [1.165, 1.54) is 0 Å². The first-order valence-electron chi connectivity index (χ1n) is 0.752. The molecule has 0 aliphatic heterocycles. The van der Waals surface area contributed by atoms with Crippen molar-refractivity contribution >= 4 is 7.91 Å². The Labute approximate surface area is 48.7 Å². The fraction of sp³-hybridized carbons (Fsp3) is 0. The first-order chi connectivity index (χ1) is 2.00. The molecule has 0 amide bonds. The second kappa shape index (κ2) is 2.89. The maximum Gasteiger partial charge on any atom is 0.507 e. The van der Waals surface area contributed by atoms with Gasteiger partial charge in [-0.2, -0.15) is 0 Å². The molecule has 0 rings (SSSR count). The monoisotopic (exact) mass is 148 g/mol. The molecule has 0 aliphatic rings. The summed E-state index contributed by atoms with van der Waals surface area (Å²) < 4.78 is 19.0. The molecule has 0 unspecified atom stereocenters. The van der Waals surface area contributed by atoms with Crippen molar-refractivity contribution in [2.24, 2.45) is 0 Å². The van der Waals surface area contributed by atoms with Crippen LogP contribution in [0.1, 0.15) is 0 Å². The van der Waals surface area contributed by atoms with Gasteiger partial charge in [0.15, 0.2) is 0 Å². The van der Waals surface area contributed by atoms with Gasteiger partial charge < -0.3 is 0 Å². The van der Waals surface area contributed by atoms with E-state index in [1.54, 1.807) is 0 Å². The van der Waals surface area contributed by atoms with Gasteiger partial charge in [0.25, 0.3) is 0 Å². The van der Waals surface area contributed by atoms with Crippen molar-refractivity contribution in [3.63, 3.8) is 0 Å². The second-order valence-corrected chi connectivity index (χ2v) is 1.42. The third kappa shape index (κ3) is 109. The molecule has 0 aliphatic carbocycles. The Morgan fingerprint density at radius 1 is 1.50 bits per heavy atom. The van der Waals surface area contributed by atoms with Crippen molar-refractivity contribution in [3.05, 3.63) is 0 Å². The van der Waals surface area contributed by atoms with Crippen molar-refractivity contribution in [3.8, 4) is 0 Å². The summed E-state index contributed by atoms with van der Waals surface area (Å²) in [5.41, 5.74) is 0. The molecule has 0 spiro atoms. The van der Waals surface area contributed by atoms with Gasteiger partial charge in [-0.25, -0.2) is 4.57 Å². The van der Waals surface area contributed by atoms with Crippen molar-refractivity contribution < 1.29 is 40.3 Å². The zero-order valence-corrected chi connectivity index (χ0v) is 5.08. The van der Waals surface area contributed by atoms with Gasteiger partial charge in [0.05, 0.1) is 0 Å². The molecule has 0 heterocycles. The quantitative estimate of drug-likeness (QED) is 0.376. The van der Waals surface area contributed by atoms with Crippen LogP contribution in [0.15, 0.2) is 0 Å². The Morgan fingerprint density at radius 3 is 1.50 bits per heavy atom. The number of rotatable bonds is 0. The van der Waals surface area contributed by atoms with E-state index in [0.29, 0.717) is 0 Å². The van der Waals surface area contributed by atoms with Crippen LogP contribution in [-0.4, -0.2) is 9.79 Å². The minimum absolute atomic E-state index is 0. The summed E-state index contributed by atoms with van der Waals surface area (Å²) in [5.74, 6) is 0. The van der Waals surface area contributed by atoms with Gasteiger partial charge in [-0.05, 0) is 0 Å². The van der Waals surface area contributed by atoms with Crippen molar-refractivity contribution in [2.75, 3.05) is 0 Å². The summed E-state index contributed by atoms with van der Waals surface area (Å²) in [6, 6.07) is 0. The predicted octanol–water partition coefficient (Wildman–Crippen LogP) is 0.0461. The summed E-state index contributed by atoms with van der Waals surface area (Å²) in [6.07, 6.45) is 0. The van der Waals surface area contributed by atoms with Crippen LogP contribution < -0.4 is 0 Å². The molecule has 2 N–H and O–H groups in total. The van der Waals surface area contributed by atoms with Gasteiger partial charge >= 0.3 is 7.91 Å². The smallest absolute Gasteiger partial charge is 0.299 e. The minimum Gasteiger partial charge on any atom is -0.299 e. The molecular formula is H2FO3PTi. The molecule has 36 valence electrons. The molecule has 0 saturated carbocycles. The third-order valence-corrected chi connectivity index (χ3v) is 0. The topological polar surface area (TPSA) is 57.5 Å². The summed E-state index contributed by atoms with van der Waals surface area (Å²) in [7, 11) is -5.14. The SMILES string of the molecule is O=P(O)(O)F.[Ti]. The largest absolute Gasteiger partial charge is 0.507 e. The molecular weight excluding hydrogens is 146 g/mol. The molecule has 0 bridgehead atoms. The standard InChI is InChI=1S/FH2O3P.Ti/c1-5(2,3)4;/h(H2,2,3,4);. The molecule has 0 atom stereocenters. The summed E-state index contributed by atoms with van der Waals surface area (Å²) >= 11 is 0. The Hall–Kier alpha value is 0.794. The molecule has 0 fully saturated rings. The summed E-state index contributed by atoms with van der Waals surface area (Å²) in [6.45, 7) is 0. The zero-order chi connectivity index (χ0) is 4.50. The van der Waals surface area contributed by atoms with E-state index in [-0.39, 0.29) is 21.7 Å². The Morgan fingerprint density at radius 2 is 1.50 bits per heavy atom. The van der Waals surface area contributed by atoms with Crippen LogP contribution >= 0.6 is 7.91 Å². The number of hydrogen-bond acceptors (Lipinski definition) is 1. The molecule has 6 heavy (non-hydrogen) atoms. The molecule has 6 heteroatoms. The van der Waals surface area contributed by atoms with Crippen LogP contribution in [-0.2, 0) is 26.3 Å². The predicted molar refractivity (Wildman–Crippen MR) is 13.2 cm³/mol. The van der Waals surface area contributed by atoms with Crippen LogP contribution in [0.25, 0.3) is 0 Å². The summed E-state index contributed by atoms with van der Waals surface area (Å²) in [5, 5.41) is 0. The van der Waals surface area contributed by atoms with Gasteiger partial charge in [0.2, 0.25) is 0 Å². The van der Waals surface area contributed by atoms with E-state index >= 15 is 0 Å². The van der Waals surface area contributed by atoms with E-state index in [9.17, 15) is 4.20 Å². The maximum atomic E-state index is 10.4. The van der Waals surface area contributed by atoms with Gasteiger partial charge in [0.1, 0.15) is 0 Å².